The van der Waals surface area contributed by atoms with Gasteiger partial charge in [0.15, 0.2) is 9.84 Å². The van der Waals surface area contributed by atoms with Crippen LogP contribution < -0.4 is 0 Å². The summed E-state index contributed by atoms with van der Waals surface area (Å²) in [7, 11) is -3.19. The number of nitrogens with zero attached hydrogens (tertiary/aromatic N) is 3. The standard InChI is InChI=1S/C17H17N3O7S/c21-15(19(10-1-2-10)12-5-6-28(26,27)9-12)8-18-16(22)13-4-3-11(20(24)25)7-14(13)17(18)23/h3-4,7,10,12H,1-2,5-6,8-9H2/t12-/m1/s1. The van der Waals surface area contributed by atoms with Gasteiger partial charge in [0.2, 0.25) is 5.91 Å². The van der Waals surface area contributed by atoms with Crippen molar-refractivity contribution in [3.63, 3.8) is 0 Å². The van der Waals surface area contributed by atoms with E-state index in [0.29, 0.717) is 6.42 Å². The van der Waals surface area contributed by atoms with Gasteiger partial charge in [0.25, 0.3) is 17.5 Å². The molecular formula is C17H17N3O7S. The number of amides is 3. The Morgan fingerprint density at radius 3 is 2.39 bits per heavy atom. The van der Waals surface area contributed by atoms with E-state index in [1.165, 1.54) is 11.0 Å². The van der Waals surface area contributed by atoms with Crippen molar-refractivity contribution in [2.45, 2.75) is 31.3 Å². The highest BCUT2D eigenvalue weighted by Crippen LogP contribution is 2.33. The molecular weight excluding hydrogens is 390 g/mol. The molecule has 11 heteroatoms. The van der Waals surface area contributed by atoms with Gasteiger partial charge in [-0.25, -0.2) is 8.42 Å². The molecule has 3 aliphatic rings. The van der Waals surface area contributed by atoms with Crippen molar-refractivity contribution >= 4 is 33.2 Å². The number of non-ortho nitro benzene ring substituents is 1. The fourth-order valence-electron chi connectivity index (χ4n) is 3.81. The highest BCUT2D eigenvalue weighted by atomic mass is 32.2. The fraction of sp³-hybridized carbons (Fsp3) is 0.471. The first-order valence-electron chi connectivity index (χ1n) is 8.84. The average Bonchev–Trinajstić information content (AvgIpc) is 3.36. The second-order valence-corrected chi connectivity index (χ2v) is 9.50. The molecule has 0 bridgehead atoms. The lowest BCUT2D eigenvalue weighted by Gasteiger charge is -2.29. The lowest BCUT2D eigenvalue weighted by Crippen LogP contribution is -2.48. The minimum absolute atomic E-state index is 0.0183. The van der Waals surface area contributed by atoms with Crippen LogP contribution in [-0.4, -0.2) is 71.0 Å². The molecule has 10 nitrogen and oxygen atoms in total. The van der Waals surface area contributed by atoms with Crippen molar-refractivity contribution in [3.05, 3.63) is 39.4 Å². The molecule has 1 atom stereocenters. The Morgan fingerprint density at radius 1 is 1.14 bits per heavy atom. The third-order valence-electron chi connectivity index (χ3n) is 5.29. The third kappa shape index (κ3) is 3.15. The number of imide groups is 1. The number of rotatable bonds is 5. The number of nitro benzene ring substituents is 1. The van der Waals surface area contributed by atoms with Crippen LogP contribution in [0.2, 0.25) is 0 Å². The molecule has 148 valence electrons. The van der Waals surface area contributed by atoms with Crippen molar-refractivity contribution < 1.29 is 27.7 Å². The van der Waals surface area contributed by atoms with Crippen molar-refractivity contribution in [3.8, 4) is 0 Å². The zero-order valence-electron chi connectivity index (χ0n) is 14.7. The quantitative estimate of drug-likeness (QED) is 0.391. The number of carbonyl (C=O) groups is 3. The Kier molecular flexibility index (Phi) is 4.21. The van der Waals surface area contributed by atoms with Crippen LogP contribution in [0.4, 0.5) is 5.69 Å². The van der Waals surface area contributed by atoms with Gasteiger partial charge in [-0.1, -0.05) is 0 Å². The van der Waals surface area contributed by atoms with Gasteiger partial charge in [-0.05, 0) is 25.3 Å². The predicted octanol–water partition coefficient (Wildman–Crippen LogP) is 0.369. The summed E-state index contributed by atoms with van der Waals surface area (Å²) < 4.78 is 23.6. The summed E-state index contributed by atoms with van der Waals surface area (Å²) >= 11 is 0. The molecule has 0 N–H and O–H groups in total. The van der Waals surface area contributed by atoms with Crippen molar-refractivity contribution in [2.24, 2.45) is 0 Å². The predicted molar refractivity (Wildman–Crippen MR) is 95.4 cm³/mol. The number of hydrogen-bond acceptors (Lipinski definition) is 7. The van der Waals surface area contributed by atoms with Gasteiger partial charge in [0, 0.05) is 24.2 Å². The molecule has 4 rings (SSSR count). The zero-order valence-corrected chi connectivity index (χ0v) is 15.6. The maximum absolute atomic E-state index is 12.9. The van der Waals surface area contributed by atoms with E-state index >= 15 is 0 Å². The van der Waals surface area contributed by atoms with E-state index in [-0.39, 0.29) is 34.4 Å². The Morgan fingerprint density at radius 2 is 1.82 bits per heavy atom. The summed E-state index contributed by atoms with van der Waals surface area (Å²) in [5.74, 6) is -2.01. The van der Waals surface area contributed by atoms with Crippen molar-refractivity contribution in [1.29, 1.82) is 0 Å². The smallest absolute Gasteiger partial charge is 0.270 e. The highest BCUT2D eigenvalue weighted by Gasteiger charge is 2.44. The largest absolute Gasteiger partial charge is 0.334 e. The van der Waals surface area contributed by atoms with Crippen LogP contribution in [0.25, 0.3) is 0 Å². The normalized spacial score (nSPS) is 23.0. The fourth-order valence-corrected chi connectivity index (χ4v) is 5.52. The van der Waals surface area contributed by atoms with Gasteiger partial charge in [0.05, 0.1) is 27.6 Å². The van der Waals surface area contributed by atoms with Crippen LogP contribution >= 0.6 is 0 Å². The molecule has 1 saturated heterocycles. The van der Waals surface area contributed by atoms with Crippen LogP contribution in [0, 0.1) is 10.1 Å². The van der Waals surface area contributed by atoms with Gasteiger partial charge in [-0.3, -0.25) is 29.4 Å². The summed E-state index contributed by atoms with van der Waals surface area (Å²) in [5, 5.41) is 10.9. The van der Waals surface area contributed by atoms with Crippen molar-refractivity contribution in [2.75, 3.05) is 18.1 Å². The first-order valence-corrected chi connectivity index (χ1v) is 10.7. The Balaban J connectivity index is 1.55. The second-order valence-electron chi connectivity index (χ2n) is 7.27. The maximum Gasteiger partial charge on any atom is 0.270 e. The van der Waals surface area contributed by atoms with E-state index < -0.39 is 45.1 Å². The summed E-state index contributed by atoms with van der Waals surface area (Å²) in [6.07, 6.45) is 1.87. The van der Waals surface area contributed by atoms with Gasteiger partial charge in [-0.2, -0.15) is 0 Å². The van der Waals surface area contributed by atoms with Crippen LogP contribution in [0.5, 0.6) is 0 Å². The van der Waals surface area contributed by atoms with Gasteiger partial charge in [-0.15, -0.1) is 0 Å². The average molecular weight is 407 g/mol. The maximum atomic E-state index is 12.9. The molecule has 3 amide bonds. The first-order chi connectivity index (χ1) is 13.2. The van der Waals surface area contributed by atoms with E-state index in [1.807, 2.05) is 0 Å². The van der Waals surface area contributed by atoms with Crippen LogP contribution in [0.15, 0.2) is 18.2 Å². The number of nitro groups is 1. The summed E-state index contributed by atoms with van der Waals surface area (Å²) in [4.78, 5) is 50.5. The van der Waals surface area contributed by atoms with Gasteiger partial charge < -0.3 is 4.90 Å². The number of carbonyl (C=O) groups excluding carboxylic acids is 3. The van der Waals surface area contributed by atoms with Crippen LogP contribution in [0.1, 0.15) is 40.0 Å². The minimum atomic E-state index is -3.19. The van der Waals surface area contributed by atoms with E-state index in [4.69, 9.17) is 0 Å². The molecule has 0 unspecified atom stereocenters. The summed E-state index contributed by atoms with van der Waals surface area (Å²) in [5.41, 5.74) is -0.401. The molecule has 28 heavy (non-hydrogen) atoms. The van der Waals surface area contributed by atoms with Crippen LogP contribution in [-0.2, 0) is 14.6 Å². The van der Waals surface area contributed by atoms with Crippen molar-refractivity contribution in [1.82, 2.24) is 9.80 Å². The highest BCUT2D eigenvalue weighted by molar-refractivity contribution is 7.91. The van der Waals surface area contributed by atoms with E-state index in [9.17, 15) is 32.9 Å². The monoisotopic (exact) mass is 407 g/mol. The van der Waals surface area contributed by atoms with E-state index in [0.717, 1.165) is 29.9 Å². The molecule has 1 saturated carbocycles. The zero-order chi connectivity index (χ0) is 20.2. The third-order valence-corrected chi connectivity index (χ3v) is 7.04. The Hall–Kier alpha value is -2.82. The van der Waals surface area contributed by atoms with E-state index in [2.05, 4.69) is 0 Å². The number of fused-ring (bicyclic) bond motifs is 1. The number of sulfone groups is 1. The molecule has 2 heterocycles. The van der Waals surface area contributed by atoms with Crippen LogP contribution in [0.3, 0.4) is 0 Å². The number of hydrogen-bond donors (Lipinski definition) is 0. The Labute approximate surface area is 160 Å². The summed E-state index contributed by atoms with van der Waals surface area (Å²) in [6, 6.07) is 2.86. The molecule has 0 radical (unpaired) electrons. The molecule has 0 aromatic heterocycles. The lowest BCUT2D eigenvalue weighted by molar-refractivity contribution is -0.384. The minimum Gasteiger partial charge on any atom is -0.334 e. The topological polar surface area (TPSA) is 135 Å². The summed E-state index contributed by atoms with van der Waals surface area (Å²) in [6.45, 7) is -0.507. The molecule has 1 aliphatic carbocycles. The molecule has 1 aromatic rings. The second kappa shape index (κ2) is 6.36. The lowest BCUT2D eigenvalue weighted by atomic mass is 10.1. The first kappa shape index (κ1) is 18.5. The van der Waals surface area contributed by atoms with Gasteiger partial charge in [0.1, 0.15) is 6.54 Å². The molecule has 2 fully saturated rings. The Bertz CT molecular complexity index is 1020. The number of benzene rings is 1. The van der Waals surface area contributed by atoms with Gasteiger partial charge >= 0.3 is 0 Å². The molecule has 2 aliphatic heterocycles. The SMILES string of the molecule is O=C1c2ccc([N+](=O)[O-])cc2C(=O)N1CC(=O)N(C1CC1)[C@@H]1CCS(=O)(=O)C1. The van der Waals surface area contributed by atoms with E-state index in [1.54, 1.807) is 0 Å². The molecule has 0 spiro atoms. The molecule has 1 aromatic carbocycles.